The second-order valence-electron chi connectivity index (χ2n) is 5.97. The molecule has 0 aliphatic heterocycles. The highest BCUT2D eigenvalue weighted by molar-refractivity contribution is 5.75. The van der Waals surface area contributed by atoms with Crippen LogP contribution < -0.4 is 5.32 Å². The molecular weight excluding hydrogens is 258 g/mol. The highest BCUT2D eigenvalue weighted by Crippen LogP contribution is 2.40. The molecule has 0 unspecified atom stereocenters. The van der Waals surface area contributed by atoms with Crippen LogP contribution in [0.5, 0.6) is 0 Å². The summed E-state index contributed by atoms with van der Waals surface area (Å²) in [4.78, 5) is 9.02. The molecule has 0 atom stereocenters. The van der Waals surface area contributed by atoms with Gasteiger partial charge in [-0.3, -0.25) is 4.98 Å². The lowest BCUT2D eigenvalue weighted by atomic mass is 10.1. The van der Waals surface area contributed by atoms with Gasteiger partial charge in [-0.1, -0.05) is 6.58 Å². The minimum atomic E-state index is 0.701. The largest absolute Gasteiger partial charge is 0.338 e. The van der Waals surface area contributed by atoms with Gasteiger partial charge in [-0.05, 0) is 68.4 Å². The molecule has 2 aromatic rings. The molecule has 108 valence electrons. The monoisotopic (exact) mass is 279 g/mol. The molecule has 0 spiro atoms. The molecule has 1 aliphatic carbocycles. The molecule has 1 saturated carbocycles. The predicted molar refractivity (Wildman–Crippen MR) is 87.9 cm³/mol. The van der Waals surface area contributed by atoms with Crippen LogP contribution in [0.2, 0.25) is 0 Å². The van der Waals surface area contributed by atoms with Crippen LogP contribution in [0.25, 0.3) is 5.57 Å². The van der Waals surface area contributed by atoms with Gasteiger partial charge in [0.1, 0.15) is 5.82 Å². The summed E-state index contributed by atoms with van der Waals surface area (Å²) in [7, 11) is 0. The zero-order valence-corrected chi connectivity index (χ0v) is 12.9. The molecule has 0 aromatic carbocycles. The highest BCUT2D eigenvalue weighted by atomic mass is 15.0. The van der Waals surface area contributed by atoms with Crippen molar-refractivity contribution in [1.29, 1.82) is 0 Å². The van der Waals surface area contributed by atoms with Crippen LogP contribution in [-0.4, -0.2) is 9.97 Å². The Hall–Kier alpha value is -2.16. The molecular formula is C18H21N3. The van der Waals surface area contributed by atoms with Crippen LogP contribution in [-0.2, 0) is 0 Å². The first-order valence-corrected chi connectivity index (χ1v) is 7.40. The van der Waals surface area contributed by atoms with E-state index in [1.165, 1.54) is 24.0 Å². The van der Waals surface area contributed by atoms with E-state index in [-0.39, 0.29) is 0 Å². The zero-order valence-electron chi connectivity index (χ0n) is 12.9. The second kappa shape index (κ2) is 5.32. The fourth-order valence-electron chi connectivity index (χ4n) is 2.43. The lowest BCUT2D eigenvalue weighted by molar-refractivity contribution is 1.09. The maximum Gasteiger partial charge on any atom is 0.138 e. The van der Waals surface area contributed by atoms with Gasteiger partial charge in [0.2, 0.25) is 0 Å². The molecule has 0 amide bonds. The van der Waals surface area contributed by atoms with Crippen LogP contribution >= 0.6 is 0 Å². The topological polar surface area (TPSA) is 37.8 Å². The van der Waals surface area contributed by atoms with E-state index in [0.29, 0.717) is 5.92 Å². The summed E-state index contributed by atoms with van der Waals surface area (Å²) in [6.45, 7) is 10.2. The molecule has 1 N–H and O–H groups in total. The summed E-state index contributed by atoms with van der Waals surface area (Å²) in [5, 5.41) is 3.41. The summed E-state index contributed by atoms with van der Waals surface area (Å²) >= 11 is 0. The zero-order chi connectivity index (χ0) is 15.0. The van der Waals surface area contributed by atoms with E-state index < -0.39 is 0 Å². The number of nitrogens with zero attached hydrogens (tertiary/aromatic N) is 2. The van der Waals surface area contributed by atoms with Crippen molar-refractivity contribution in [2.24, 2.45) is 0 Å². The normalized spacial score (nSPS) is 14.0. The first-order chi connectivity index (χ1) is 10.0. The van der Waals surface area contributed by atoms with Crippen molar-refractivity contribution in [2.45, 2.75) is 39.5 Å². The van der Waals surface area contributed by atoms with Crippen molar-refractivity contribution in [3.8, 4) is 0 Å². The highest BCUT2D eigenvalue weighted by Gasteiger charge is 2.24. The van der Waals surface area contributed by atoms with Crippen molar-refractivity contribution in [1.82, 2.24) is 9.97 Å². The first-order valence-electron chi connectivity index (χ1n) is 7.40. The Bertz CT molecular complexity index is 700. The fraction of sp³-hybridized carbons (Fsp3) is 0.333. The lowest BCUT2D eigenvalue weighted by Crippen LogP contribution is -2.02. The number of pyridine rings is 2. The van der Waals surface area contributed by atoms with Gasteiger partial charge in [-0.15, -0.1) is 0 Å². The Morgan fingerprint density at radius 3 is 2.67 bits per heavy atom. The van der Waals surface area contributed by atoms with E-state index in [2.05, 4.69) is 40.9 Å². The van der Waals surface area contributed by atoms with Gasteiger partial charge in [-0.2, -0.15) is 0 Å². The van der Waals surface area contributed by atoms with Crippen LogP contribution in [0.3, 0.4) is 0 Å². The number of nitrogens with one attached hydrogen (secondary N) is 1. The SMILES string of the molecule is C=C(C)c1cc(C)c(C)nc1Nc1cncc(C2CC2)c1. The molecule has 1 fully saturated rings. The number of aryl methyl sites for hydroxylation is 2. The third-order valence-corrected chi connectivity index (χ3v) is 4.00. The molecule has 3 heteroatoms. The van der Waals surface area contributed by atoms with Gasteiger partial charge in [0.25, 0.3) is 0 Å². The summed E-state index contributed by atoms with van der Waals surface area (Å²) in [6, 6.07) is 4.33. The average Bonchev–Trinajstić information content (AvgIpc) is 3.27. The molecule has 2 aromatic heterocycles. The third-order valence-electron chi connectivity index (χ3n) is 4.00. The molecule has 2 heterocycles. The van der Waals surface area contributed by atoms with Crippen molar-refractivity contribution in [3.05, 3.63) is 53.5 Å². The number of hydrogen-bond donors (Lipinski definition) is 1. The van der Waals surface area contributed by atoms with Crippen molar-refractivity contribution < 1.29 is 0 Å². The van der Waals surface area contributed by atoms with E-state index in [1.807, 2.05) is 26.2 Å². The number of anilines is 2. The number of rotatable bonds is 4. The smallest absolute Gasteiger partial charge is 0.138 e. The Morgan fingerprint density at radius 2 is 2.00 bits per heavy atom. The van der Waals surface area contributed by atoms with Gasteiger partial charge in [0.15, 0.2) is 0 Å². The van der Waals surface area contributed by atoms with Gasteiger partial charge in [0.05, 0.1) is 11.9 Å². The number of allylic oxidation sites excluding steroid dienone is 1. The summed E-state index contributed by atoms with van der Waals surface area (Å²) in [5.74, 6) is 1.56. The van der Waals surface area contributed by atoms with Crippen LogP contribution in [0.15, 0.2) is 31.1 Å². The van der Waals surface area contributed by atoms with E-state index in [9.17, 15) is 0 Å². The predicted octanol–water partition coefficient (Wildman–Crippen LogP) is 4.75. The van der Waals surface area contributed by atoms with Crippen molar-refractivity contribution in [2.75, 3.05) is 5.32 Å². The van der Waals surface area contributed by atoms with Crippen LogP contribution in [0, 0.1) is 13.8 Å². The average molecular weight is 279 g/mol. The minimum Gasteiger partial charge on any atom is -0.338 e. The van der Waals surface area contributed by atoms with Gasteiger partial charge in [0, 0.05) is 17.5 Å². The molecule has 1 aliphatic rings. The Balaban J connectivity index is 1.95. The molecule has 0 bridgehead atoms. The summed E-state index contributed by atoms with van der Waals surface area (Å²) in [5.41, 5.74) is 6.62. The van der Waals surface area contributed by atoms with Gasteiger partial charge >= 0.3 is 0 Å². The van der Waals surface area contributed by atoms with Gasteiger partial charge < -0.3 is 5.32 Å². The Morgan fingerprint density at radius 1 is 1.24 bits per heavy atom. The molecule has 0 saturated heterocycles. The first kappa shape index (κ1) is 13.8. The van der Waals surface area contributed by atoms with E-state index in [1.54, 1.807) is 0 Å². The van der Waals surface area contributed by atoms with Crippen molar-refractivity contribution in [3.63, 3.8) is 0 Å². The summed E-state index contributed by atoms with van der Waals surface area (Å²) < 4.78 is 0. The quantitative estimate of drug-likeness (QED) is 0.877. The second-order valence-corrected chi connectivity index (χ2v) is 5.97. The molecule has 21 heavy (non-hydrogen) atoms. The lowest BCUT2D eigenvalue weighted by Gasteiger charge is -2.14. The number of aromatic nitrogens is 2. The van der Waals surface area contributed by atoms with E-state index in [0.717, 1.165) is 28.3 Å². The maximum absolute atomic E-state index is 4.68. The Kier molecular flexibility index (Phi) is 3.50. The standard InChI is InChI=1S/C18H21N3/c1-11(2)17-7-12(3)13(4)20-18(17)21-16-8-15(9-19-10-16)14-5-6-14/h7-10,14H,1,5-6H2,2-4H3,(H,20,21). The van der Waals surface area contributed by atoms with Gasteiger partial charge in [-0.25, -0.2) is 4.98 Å². The summed E-state index contributed by atoms with van der Waals surface area (Å²) in [6.07, 6.45) is 6.38. The molecule has 3 rings (SSSR count). The van der Waals surface area contributed by atoms with Crippen LogP contribution in [0.4, 0.5) is 11.5 Å². The van der Waals surface area contributed by atoms with Crippen LogP contribution in [0.1, 0.15) is 48.1 Å². The third kappa shape index (κ3) is 2.97. The molecule has 3 nitrogen and oxygen atoms in total. The van der Waals surface area contributed by atoms with E-state index >= 15 is 0 Å². The van der Waals surface area contributed by atoms with Crippen molar-refractivity contribution >= 4 is 17.1 Å². The Labute approximate surface area is 126 Å². The van der Waals surface area contributed by atoms with E-state index in [4.69, 9.17) is 0 Å². The minimum absolute atomic E-state index is 0.701. The maximum atomic E-state index is 4.68. The fourth-order valence-corrected chi connectivity index (χ4v) is 2.43. The molecule has 0 radical (unpaired) electrons. The number of hydrogen-bond acceptors (Lipinski definition) is 3.